The van der Waals surface area contributed by atoms with Crippen LogP contribution in [0.2, 0.25) is 0 Å². The van der Waals surface area contributed by atoms with Crippen molar-refractivity contribution in [2.75, 3.05) is 11.9 Å². The standard InChI is InChI=1S/C11H16N4S/c12-10(16)9-11(14-6-5-13-9)15-7-8-3-1-2-4-8/h5-6,8H,1-4,7H2,(H2,12,16)(H,14,15). The van der Waals surface area contributed by atoms with Gasteiger partial charge in [-0.15, -0.1) is 0 Å². The van der Waals surface area contributed by atoms with E-state index >= 15 is 0 Å². The fourth-order valence-corrected chi connectivity index (χ4v) is 2.25. The number of thiocarbonyl (C=S) groups is 1. The van der Waals surface area contributed by atoms with Gasteiger partial charge in [0.05, 0.1) is 0 Å². The molecule has 1 aromatic heterocycles. The minimum absolute atomic E-state index is 0.294. The Balaban J connectivity index is 2.00. The fraction of sp³-hybridized carbons (Fsp3) is 0.545. The summed E-state index contributed by atoms with van der Waals surface area (Å²) in [6, 6.07) is 0. The molecule has 0 spiro atoms. The van der Waals surface area contributed by atoms with Crippen LogP contribution in [0, 0.1) is 5.92 Å². The van der Waals surface area contributed by atoms with Gasteiger partial charge in [0, 0.05) is 18.9 Å². The van der Waals surface area contributed by atoms with Gasteiger partial charge in [-0.1, -0.05) is 25.1 Å². The molecule has 4 nitrogen and oxygen atoms in total. The number of rotatable bonds is 4. The topological polar surface area (TPSA) is 63.8 Å². The second-order valence-electron chi connectivity index (χ2n) is 4.15. The number of nitrogens with zero attached hydrogens (tertiary/aromatic N) is 2. The number of hydrogen-bond acceptors (Lipinski definition) is 4. The number of hydrogen-bond donors (Lipinski definition) is 2. The van der Waals surface area contributed by atoms with E-state index in [4.69, 9.17) is 18.0 Å². The minimum Gasteiger partial charge on any atom is -0.388 e. The quantitative estimate of drug-likeness (QED) is 0.779. The van der Waals surface area contributed by atoms with Gasteiger partial charge in [0.2, 0.25) is 0 Å². The zero-order valence-corrected chi connectivity index (χ0v) is 9.96. The molecule has 16 heavy (non-hydrogen) atoms. The first-order valence-corrected chi connectivity index (χ1v) is 6.03. The molecule has 0 unspecified atom stereocenters. The van der Waals surface area contributed by atoms with Crippen LogP contribution in [0.1, 0.15) is 31.4 Å². The van der Waals surface area contributed by atoms with E-state index < -0.39 is 0 Å². The molecule has 1 aliphatic rings. The number of aromatic nitrogens is 2. The molecule has 5 heteroatoms. The SMILES string of the molecule is NC(=S)c1nccnc1NCC1CCCC1. The average Bonchev–Trinajstić information content (AvgIpc) is 2.79. The van der Waals surface area contributed by atoms with Crippen molar-refractivity contribution in [3.63, 3.8) is 0 Å². The molecule has 0 atom stereocenters. The Morgan fingerprint density at radius 3 is 2.75 bits per heavy atom. The smallest absolute Gasteiger partial charge is 0.155 e. The summed E-state index contributed by atoms with van der Waals surface area (Å²) in [7, 11) is 0. The first-order chi connectivity index (χ1) is 7.77. The van der Waals surface area contributed by atoms with Crippen LogP contribution in [0.3, 0.4) is 0 Å². The lowest BCUT2D eigenvalue weighted by Gasteiger charge is -2.12. The number of nitrogens with two attached hydrogens (primary N) is 1. The molecule has 1 fully saturated rings. The van der Waals surface area contributed by atoms with Crippen LogP contribution in [-0.4, -0.2) is 21.5 Å². The molecule has 0 radical (unpaired) electrons. The van der Waals surface area contributed by atoms with E-state index in [0.29, 0.717) is 16.5 Å². The molecule has 0 saturated heterocycles. The van der Waals surface area contributed by atoms with Crippen LogP contribution in [0.5, 0.6) is 0 Å². The Kier molecular flexibility index (Phi) is 3.66. The third-order valence-corrected chi connectivity index (χ3v) is 3.16. The summed E-state index contributed by atoms with van der Waals surface area (Å²) in [6.07, 6.45) is 8.54. The minimum atomic E-state index is 0.294. The summed E-state index contributed by atoms with van der Waals surface area (Å²) in [5.74, 6) is 1.46. The first-order valence-electron chi connectivity index (χ1n) is 5.62. The van der Waals surface area contributed by atoms with E-state index in [1.54, 1.807) is 12.4 Å². The monoisotopic (exact) mass is 236 g/mol. The van der Waals surface area contributed by atoms with Crippen molar-refractivity contribution in [2.45, 2.75) is 25.7 Å². The Labute approximate surface area is 101 Å². The maximum atomic E-state index is 5.59. The highest BCUT2D eigenvalue weighted by Crippen LogP contribution is 2.24. The second kappa shape index (κ2) is 5.21. The van der Waals surface area contributed by atoms with Crippen molar-refractivity contribution in [1.29, 1.82) is 0 Å². The van der Waals surface area contributed by atoms with Crippen molar-refractivity contribution >= 4 is 23.0 Å². The normalized spacial score (nSPS) is 16.2. The third kappa shape index (κ3) is 2.66. The van der Waals surface area contributed by atoms with E-state index in [1.807, 2.05) is 0 Å². The average molecular weight is 236 g/mol. The third-order valence-electron chi connectivity index (χ3n) is 2.96. The Hall–Kier alpha value is -1.23. The van der Waals surface area contributed by atoms with Gasteiger partial charge in [0.1, 0.15) is 10.7 Å². The molecule has 0 amide bonds. The highest BCUT2D eigenvalue weighted by Gasteiger charge is 2.15. The molecule has 0 aromatic carbocycles. The zero-order chi connectivity index (χ0) is 11.4. The van der Waals surface area contributed by atoms with Crippen LogP contribution in [0.4, 0.5) is 5.82 Å². The predicted molar refractivity (Wildman–Crippen MR) is 68.4 cm³/mol. The molecule has 2 rings (SSSR count). The molecule has 3 N–H and O–H groups in total. The molecule has 1 saturated carbocycles. The molecular weight excluding hydrogens is 220 g/mol. The lowest BCUT2D eigenvalue weighted by Crippen LogP contribution is -2.19. The lowest BCUT2D eigenvalue weighted by molar-refractivity contribution is 0.578. The highest BCUT2D eigenvalue weighted by atomic mass is 32.1. The largest absolute Gasteiger partial charge is 0.388 e. The van der Waals surface area contributed by atoms with Gasteiger partial charge in [-0.3, -0.25) is 0 Å². The van der Waals surface area contributed by atoms with Gasteiger partial charge in [0.15, 0.2) is 5.82 Å². The molecule has 86 valence electrons. The van der Waals surface area contributed by atoms with Crippen LogP contribution in [0.15, 0.2) is 12.4 Å². The van der Waals surface area contributed by atoms with Crippen LogP contribution < -0.4 is 11.1 Å². The maximum absolute atomic E-state index is 5.59. The van der Waals surface area contributed by atoms with Gasteiger partial charge >= 0.3 is 0 Å². The van der Waals surface area contributed by atoms with Crippen molar-refractivity contribution in [3.8, 4) is 0 Å². The molecule has 0 aliphatic heterocycles. The second-order valence-corrected chi connectivity index (χ2v) is 4.59. The van der Waals surface area contributed by atoms with E-state index in [0.717, 1.165) is 12.5 Å². The summed E-state index contributed by atoms with van der Waals surface area (Å²) < 4.78 is 0. The maximum Gasteiger partial charge on any atom is 0.155 e. The van der Waals surface area contributed by atoms with Gasteiger partial charge in [-0.2, -0.15) is 0 Å². The van der Waals surface area contributed by atoms with Crippen molar-refractivity contribution in [3.05, 3.63) is 18.1 Å². The summed E-state index contributed by atoms with van der Waals surface area (Å²) in [5, 5.41) is 3.30. The van der Waals surface area contributed by atoms with E-state index in [9.17, 15) is 0 Å². The van der Waals surface area contributed by atoms with Crippen LogP contribution in [-0.2, 0) is 0 Å². The van der Waals surface area contributed by atoms with Gasteiger partial charge in [0.25, 0.3) is 0 Å². The molecule has 1 aliphatic carbocycles. The lowest BCUT2D eigenvalue weighted by atomic mass is 10.1. The summed E-state index contributed by atoms with van der Waals surface area (Å²) >= 11 is 4.93. The molecular formula is C11H16N4S. The van der Waals surface area contributed by atoms with Crippen LogP contribution >= 0.6 is 12.2 Å². The van der Waals surface area contributed by atoms with Gasteiger partial charge in [-0.25, -0.2) is 9.97 Å². The Morgan fingerprint density at radius 2 is 2.06 bits per heavy atom. The molecule has 0 bridgehead atoms. The zero-order valence-electron chi connectivity index (χ0n) is 9.15. The molecule has 1 aromatic rings. The summed E-state index contributed by atoms with van der Waals surface area (Å²) in [6.45, 7) is 0.939. The molecule has 1 heterocycles. The van der Waals surface area contributed by atoms with E-state index in [-0.39, 0.29) is 0 Å². The van der Waals surface area contributed by atoms with Gasteiger partial charge in [-0.05, 0) is 18.8 Å². The van der Waals surface area contributed by atoms with Crippen molar-refractivity contribution in [2.24, 2.45) is 11.7 Å². The summed E-state index contributed by atoms with van der Waals surface area (Å²) in [4.78, 5) is 8.65. The summed E-state index contributed by atoms with van der Waals surface area (Å²) in [5.41, 5.74) is 6.18. The first kappa shape index (κ1) is 11.3. The fourth-order valence-electron chi connectivity index (χ4n) is 2.10. The predicted octanol–water partition coefficient (Wildman–Crippen LogP) is 1.71. The van der Waals surface area contributed by atoms with Gasteiger partial charge < -0.3 is 11.1 Å². The Morgan fingerprint density at radius 1 is 1.38 bits per heavy atom. The Bertz CT molecular complexity index is 374. The number of nitrogens with one attached hydrogen (secondary N) is 1. The van der Waals surface area contributed by atoms with E-state index in [2.05, 4.69) is 15.3 Å². The highest BCUT2D eigenvalue weighted by molar-refractivity contribution is 7.80. The van der Waals surface area contributed by atoms with Crippen molar-refractivity contribution < 1.29 is 0 Å². The van der Waals surface area contributed by atoms with Crippen molar-refractivity contribution in [1.82, 2.24) is 9.97 Å². The van der Waals surface area contributed by atoms with E-state index in [1.165, 1.54) is 25.7 Å². The number of anilines is 1. The van der Waals surface area contributed by atoms with Crippen LogP contribution in [0.25, 0.3) is 0 Å².